The molecule has 1 aromatic carbocycles. The molecule has 0 saturated heterocycles. The second kappa shape index (κ2) is 6.19. The van der Waals surface area contributed by atoms with E-state index in [0.717, 1.165) is 5.56 Å². The van der Waals surface area contributed by atoms with Crippen molar-refractivity contribution in [2.45, 2.75) is 20.0 Å². The van der Waals surface area contributed by atoms with Crippen LogP contribution in [-0.2, 0) is 13.0 Å². The maximum atomic E-state index is 5.62. The van der Waals surface area contributed by atoms with Gasteiger partial charge in [0.15, 0.2) is 18.1 Å². The fourth-order valence-electron chi connectivity index (χ4n) is 1.61. The summed E-state index contributed by atoms with van der Waals surface area (Å²) >= 11 is 0. The molecule has 6 heteroatoms. The number of nitrogens with zero attached hydrogens (tertiary/aromatic N) is 2. The first-order valence-corrected chi connectivity index (χ1v) is 6.02. The Morgan fingerprint density at radius 1 is 1.32 bits per heavy atom. The van der Waals surface area contributed by atoms with Crippen molar-refractivity contribution in [2.24, 2.45) is 5.73 Å². The Hall–Kier alpha value is -2.08. The van der Waals surface area contributed by atoms with Gasteiger partial charge in [0.25, 0.3) is 0 Å². The van der Waals surface area contributed by atoms with Crippen LogP contribution in [0.25, 0.3) is 0 Å². The van der Waals surface area contributed by atoms with Crippen molar-refractivity contribution in [1.82, 2.24) is 10.1 Å². The molecule has 0 aliphatic carbocycles. The number of ether oxygens (including phenoxy) is 2. The Bertz CT molecular complexity index is 540. The number of aromatic nitrogens is 2. The van der Waals surface area contributed by atoms with Gasteiger partial charge < -0.3 is 19.7 Å². The Balaban J connectivity index is 2.01. The highest BCUT2D eigenvalue weighted by atomic mass is 16.5. The summed E-state index contributed by atoms with van der Waals surface area (Å²) in [5, 5.41) is 3.82. The molecule has 0 atom stereocenters. The number of methoxy groups -OCH3 is 1. The molecule has 0 aliphatic heterocycles. The third-order valence-corrected chi connectivity index (χ3v) is 2.54. The van der Waals surface area contributed by atoms with Crippen LogP contribution in [0, 0.1) is 6.92 Å². The zero-order valence-corrected chi connectivity index (χ0v) is 11.0. The van der Waals surface area contributed by atoms with E-state index in [4.69, 9.17) is 19.7 Å². The fourth-order valence-corrected chi connectivity index (χ4v) is 1.61. The van der Waals surface area contributed by atoms with Crippen molar-refractivity contribution in [2.75, 3.05) is 13.7 Å². The molecule has 0 bridgehead atoms. The first-order chi connectivity index (χ1) is 9.22. The molecule has 19 heavy (non-hydrogen) atoms. The van der Waals surface area contributed by atoms with E-state index in [2.05, 4.69) is 10.1 Å². The highest BCUT2D eigenvalue weighted by Crippen LogP contribution is 2.28. The van der Waals surface area contributed by atoms with E-state index in [1.54, 1.807) is 7.11 Å². The van der Waals surface area contributed by atoms with E-state index in [9.17, 15) is 0 Å². The summed E-state index contributed by atoms with van der Waals surface area (Å²) in [6.45, 7) is 2.70. The molecule has 2 aromatic rings. The van der Waals surface area contributed by atoms with Crippen LogP contribution >= 0.6 is 0 Å². The fraction of sp³-hybridized carbons (Fsp3) is 0.385. The number of hydrogen-bond acceptors (Lipinski definition) is 6. The third kappa shape index (κ3) is 3.45. The quantitative estimate of drug-likeness (QED) is 0.849. The summed E-state index contributed by atoms with van der Waals surface area (Å²) in [7, 11) is 1.61. The number of aryl methyl sites for hydroxylation is 1. The van der Waals surface area contributed by atoms with Gasteiger partial charge in [0.05, 0.1) is 7.11 Å². The molecule has 0 amide bonds. The first-order valence-electron chi connectivity index (χ1n) is 6.02. The van der Waals surface area contributed by atoms with Crippen molar-refractivity contribution >= 4 is 0 Å². The van der Waals surface area contributed by atoms with Crippen LogP contribution in [-0.4, -0.2) is 23.8 Å². The van der Waals surface area contributed by atoms with E-state index >= 15 is 0 Å². The zero-order valence-electron chi connectivity index (χ0n) is 11.0. The van der Waals surface area contributed by atoms with Gasteiger partial charge in [-0.15, -0.1) is 0 Å². The van der Waals surface area contributed by atoms with Crippen LogP contribution in [0.2, 0.25) is 0 Å². The van der Waals surface area contributed by atoms with Crippen LogP contribution in [0.5, 0.6) is 11.5 Å². The van der Waals surface area contributed by atoms with Gasteiger partial charge in [0.1, 0.15) is 0 Å². The smallest absolute Gasteiger partial charge is 0.228 e. The highest BCUT2D eigenvalue weighted by Gasteiger charge is 2.09. The minimum atomic E-state index is 0.230. The van der Waals surface area contributed by atoms with E-state index < -0.39 is 0 Å². The molecule has 0 radical (unpaired) electrons. The first kappa shape index (κ1) is 13.4. The van der Waals surface area contributed by atoms with Gasteiger partial charge in [-0.25, -0.2) is 0 Å². The molecular formula is C13H17N3O3. The topological polar surface area (TPSA) is 83.4 Å². The van der Waals surface area contributed by atoms with Crippen LogP contribution in [0.1, 0.15) is 17.3 Å². The number of benzene rings is 1. The van der Waals surface area contributed by atoms with Crippen molar-refractivity contribution in [3.05, 3.63) is 35.5 Å². The molecule has 1 heterocycles. The lowest BCUT2D eigenvalue weighted by atomic mass is 10.2. The van der Waals surface area contributed by atoms with Gasteiger partial charge in [-0.05, 0) is 24.6 Å². The van der Waals surface area contributed by atoms with Gasteiger partial charge in [0, 0.05) is 13.0 Å². The number of rotatable bonds is 6. The Morgan fingerprint density at radius 2 is 2.16 bits per heavy atom. The van der Waals surface area contributed by atoms with Crippen LogP contribution in [0.4, 0.5) is 0 Å². The van der Waals surface area contributed by atoms with Crippen molar-refractivity contribution < 1.29 is 14.0 Å². The molecular weight excluding hydrogens is 246 g/mol. The van der Waals surface area contributed by atoms with Gasteiger partial charge >= 0.3 is 0 Å². The molecule has 1 aromatic heterocycles. The standard InChI is InChI=1S/C13H17N3O3/c1-9-3-4-10(11(7-9)17-2)18-8-12-15-13(5-6-14)19-16-12/h3-4,7H,5-6,8,14H2,1-2H3. The molecule has 2 rings (SSSR count). The lowest BCUT2D eigenvalue weighted by molar-refractivity contribution is 0.269. The average molecular weight is 263 g/mol. The lowest BCUT2D eigenvalue weighted by Gasteiger charge is -2.09. The normalized spacial score (nSPS) is 10.5. The molecule has 102 valence electrons. The van der Waals surface area contributed by atoms with E-state index in [1.165, 1.54) is 0 Å². The maximum Gasteiger partial charge on any atom is 0.228 e. The second-order valence-corrected chi connectivity index (χ2v) is 4.09. The summed E-state index contributed by atoms with van der Waals surface area (Å²) in [5.41, 5.74) is 6.52. The molecule has 0 fully saturated rings. The van der Waals surface area contributed by atoms with Gasteiger partial charge in [0.2, 0.25) is 11.7 Å². The minimum Gasteiger partial charge on any atom is -0.493 e. The molecule has 2 N–H and O–H groups in total. The van der Waals surface area contributed by atoms with E-state index in [0.29, 0.717) is 36.2 Å². The van der Waals surface area contributed by atoms with Crippen LogP contribution in [0.3, 0.4) is 0 Å². The predicted octanol–water partition coefficient (Wildman–Crippen LogP) is 1.47. The SMILES string of the molecule is COc1cc(C)ccc1OCc1noc(CCN)n1. The zero-order chi connectivity index (χ0) is 13.7. The summed E-state index contributed by atoms with van der Waals surface area (Å²) in [5.74, 6) is 2.35. The second-order valence-electron chi connectivity index (χ2n) is 4.09. The third-order valence-electron chi connectivity index (χ3n) is 2.54. The summed E-state index contributed by atoms with van der Waals surface area (Å²) in [6.07, 6.45) is 0.570. The van der Waals surface area contributed by atoms with Gasteiger partial charge in [-0.1, -0.05) is 11.2 Å². The maximum absolute atomic E-state index is 5.62. The number of nitrogens with two attached hydrogens (primary N) is 1. The molecule has 0 aliphatic rings. The molecule has 0 saturated carbocycles. The van der Waals surface area contributed by atoms with Gasteiger partial charge in [-0.2, -0.15) is 4.98 Å². The summed E-state index contributed by atoms with van der Waals surface area (Å²) in [6, 6.07) is 5.72. The Morgan fingerprint density at radius 3 is 2.89 bits per heavy atom. The van der Waals surface area contributed by atoms with Crippen LogP contribution in [0.15, 0.2) is 22.7 Å². The van der Waals surface area contributed by atoms with Crippen molar-refractivity contribution in [3.8, 4) is 11.5 Å². The van der Waals surface area contributed by atoms with Crippen LogP contribution < -0.4 is 15.2 Å². The molecule has 0 unspecified atom stereocenters. The van der Waals surface area contributed by atoms with E-state index in [1.807, 2.05) is 25.1 Å². The molecule has 0 spiro atoms. The Kier molecular flexibility index (Phi) is 4.35. The largest absolute Gasteiger partial charge is 0.493 e. The van der Waals surface area contributed by atoms with Crippen molar-refractivity contribution in [1.29, 1.82) is 0 Å². The van der Waals surface area contributed by atoms with Gasteiger partial charge in [-0.3, -0.25) is 0 Å². The monoisotopic (exact) mass is 263 g/mol. The van der Waals surface area contributed by atoms with E-state index in [-0.39, 0.29) is 6.61 Å². The predicted molar refractivity (Wildman–Crippen MR) is 69.1 cm³/mol. The average Bonchev–Trinajstić information content (AvgIpc) is 2.85. The minimum absolute atomic E-state index is 0.230. The Labute approximate surface area is 111 Å². The van der Waals surface area contributed by atoms with Crippen molar-refractivity contribution in [3.63, 3.8) is 0 Å². The summed E-state index contributed by atoms with van der Waals surface area (Å²) < 4.78 is 15.9. The lowest BCUT2D eigenvalue weighted by Crippen LogP contribution is -2.03. The summed E-state index contributed by atoms with van der Waals surface area (Å²) in [4.78, 5) is 4.16. The number of hydrogen-bond donors (Lipinski definition) is 1. The molecule has 6 nitrogen and oxygen atoms in total. The highest BCUT2D eigenvalue weighted by molar-refractivity contribution is 5.42.